The van der Waals surface area contributed by atoms with Gasteiger partial charge in [-0.3, -0.25) is 9.59 Å². The number of hydrogen-bond acceptors (Lipinski definition) is 5. The van der Waals surface area contributed by atoms with E-state index in [1.54, 1.807) is 0 Å². The van der Waals surface area contributed by atoms with E-state index in [0.29, 0.717) is 19.3 Å². The highest BCUT2D eigenvalue weighted by molar-refractivity contribution is 5.77. The number of allylic oxidation sites excluding steroid dienone is 2. The molecule has 0 spiro atoms. The van der Waals surface area contributed by atoms with Gasteiger partial charge in [0.15, 0.2) is 0 Å². The van der Waals surface area contributed by atoms with Crippen molar-refractivity contribution in [1.82, 2.24) is 5.32 Å². The molecule has 0 bridgehead atoms. The van der Waals surface area contributed by atoms with E-state index in [4.69, 9.17) is 4.74 Å². The smallest absolute Gasteiger partial charge is 0.306 e. The molecule has 0 fully saturated rings. The van der Waals surface area contributed by atoms with E-state index in [1.807, 2.05) is 0 Å². The molecule has 57 heavy (non-hydrogen) atoms. The number of aliphatic hydroxyl groups excluding tert-OH is 2. The average Bonchev–Trinajstić information content (AvgIpc) is 3.20. The van der Waals surface area contributed by atoms with Crippen molar-refractivity contribution in [2.24, 2.45) is 0 Å². The summed E-state index contributed by atoms with van der Waals surface area (Å²) >= 11 is 0. The predicted molar refractivity (Wildman–Crippen MR) is 246 cm³/mol. The number of esters is 1. The zero-order valence-corrected chi connectivity index (χ0v) is 38.5. The number of amides is 1. The van der Waals surface area contributed by atoms with E-state index < -0.39 is 18.2 Å². The van der Waals surface area contributed by atoms with E-state index >= 15 is 0 Å². The van der Waals surface area contributed by atoms with Crippen LogP contribution in [0.5, 0.6) is 0 Å². The second kappa shape index (κ2) is 45.7. The standard InChI is InChI=1S/C51H99NO5/c1-4-7-10-13-16-19-22-24-25-26-27-29-31-34-37-40-43-49(54)48(46-53)52-50(55)45-47(42-39-36-33-30-28-23-20-17-14-11-8-5-2)57-51(56)44-41-38-35-32-21-18-15-12-9-6-3/h30,33,47-49,53-54H,4-29,31-32,34-46H2,1-3H3,(H,52,55)/b33-30-. The van der Waals surface area contributed by atoms with Crippen LogP contribution in [0.4, 0.5) is 0 Å². The van der Waals surface area contributed by atoms with Gasteiger partial charge in [-0.1, -0.05) is 232 Å². The first-order valence-corrected chi connectivity index (χ1v) is 25.4. The Labute approximate surface area is 355 Å². The highest BCUT2D eigenvalue weighted by atomic mass is 16.5. The SMILES string of the molecule is CCCCCCCCC/C=C\CCCC(CC(=O)NC(CO)C(O)CCCCCCCCCCCCCCCCCC)OC(=O)CCCCCCCCCCCC. The Hall–Kier alpha value is -1.40. The number of hydrogen-bond donors (Lipinski definition) is 3. The summed E-state index contributed by atoms with van der Waals surface area (Å²) in [5.74, 6) is -0.490. The number of unbranched alkanes of at least 4 members (excludes halogenated alkanes) is 32. The topological polar surface area (TPSA) is 95.9 Å². The minimum Gasteiger partial charge on any atom is -0.462 e. The third-order valence-corrected chi connectivity index (χ3v) is 11.8. The van der Waals surface area contributed by atoms with Crippen LogP contribution in [0.15, 0.2) is 12.2 Å². The normalized spacial score (nSPS) is 13.3. The fourth-order valence-electron chi connectivity index (χ4n) is 7.96. The molecule has 0 heterocycles. The molecule has 0 aromatic heterocycles. The van der Waals surface area contributed by atoms with Gasteiger partial charge in [0, 0.05) is 6.42 Å². The Morgan fingerprint density at radius 1 is 0.491 bits per heavy atom. The van der Waals surface area contributed by atoms with E-state index in [2.05, 4.69) is 38.2 Å². The fourth-order valence-corrected chi connectivity index (χ4v) is 7.96. The van der Waals surface area contributed by atoms with Crippen molar-refractivity contribution < 1.29 is 24.5 Å². The van der Waals surface area contributed by atoms with Crippen molar-refractivity contribution in [3.8, 4) is 0 Å². The molecular weight excluding hydrogens is 707 g/mol. The maximum atomic E-state index is 13.2. The first kappa shape index (κ1) is 55.6. The number of carbonyl (C=O) groups excluding carboxylic acids is 2. The molecule has 0 rings (SSSR count). The van der Waals surface area contributed by atoms with Gasteiger partial charge in [0.2, 0.25) is 5.91 Å². The minimum atomic E-state index is -0.788. The first-order valence-electron chi connectivity index (χ1n) is 25.4. The monoisotopic (exact) mass is 806 g/mol. The number of rotatable bonds is 46. The molecule has 6 nitrogen and oxygen atoms in total. The summed E-state index contributed by atoms with van der Waals surface area (Å²) in [6, 6.07) is -0.702. The zero-order valence-electron chi connectivity index (χ0n) is 38.5. The van der Waals surface area contributed by atoms with Crippen LogP contribution in [0.2, 0.25) is 0 Å². The molecule has 338 valence electrons. The predicted octanol–water partition coefficient (Wildman–Crippen LogP) is 15.0. The summed E-state index contributed by atoms with van der Waals surface area (Å²) in [6.45, 7) is 6.48. The van der Waals surface area contributed by atoms with Gasteiger partial charge in [0.05, 0.1) is 25.2 Å². The molecule has 0 aromatic rings. The summed E-state index contributed by atoms with van der Waals surface area (Å²) < 4.78 is 5.89. The first-order chi connectivity index (χ1) is 28.0. The lowest BCUT2D eigenvalue weighted by Crippen LogP contribution is -2.46. The van der Waals surface area contributed by atoms with Crippen molar-refractivity contribution in [2.75, 3.05) is 6.61 Å². The van der Waals surface area contributed by atoms with Crippen molar-refractivity contribution in [3.05, 3.63) is 12.2 Å². The van der Waals surface area contributed by atoms with Gasteiger partial charge in [0.1, 0.15) is 6.10 Å². The van der Waals surface area contributed by atoms with Crippen molar-refractivity contribution in [2.45, 2.75) is 296 Å². The van der Waals surface area contributed by atoms with Crippen LogP contribution < -0.4 is 5.32 Å². The molecule has 1 amide bonds. The maximum absolute atomic E-state index is 13.2. The Morgan fingerprint density at radius 2 is 0.860 bits per heavy atom. The lowest BCUT2D eigenvalue weighted by atomic mass is 10.0. The van der Waals surface area contributed by atoms with E-state index in [9.17, 15) is 19.8 Å². The summed E-state index contributed by atoms with van der Waals surface area (Å²) in [5, 5.41) is 23.7. The number of nitrogens with one attached hydrogen (secondary N) is 1. The Balaban J connectivity index is 4.49. The summed E-state index contributed by atoms with van der Waals surface area (Å²) in [6.07, 6.45) is 49.9. The van der Waals surface area contributed by atoms with Gasteiger partial charge in [-0.2, -0.15) is 0 Å². The van der Waals surface area contributed by atoms with Crippen LogP contribution in [0, 0.1) is 0 Å². The average molecular weight is 806 g/mol. The largest absolute Gasteiger partial charge is 0.462 e. The Bertz CT molecular complexity index is 863. The second-order valence-electron chi connectivity index (χ2n) is 17.6. The van der Waals surface area contributed by atoms with Crippen LogP contribution >= 0.6 is 0 Å². The van der Waals surface area contributed by atoms with E-state index in [0.717, 1.165) is 51.4 Å². The number of carbonyl (C=O) groups is 2. The third-order valence-electron chi connectivity index (χ3n) is 11.8. The molecular formula is C51H99NO5. The van der Waals surface area contributed by atoms with Crippen LogP contribution in [0.1, 0.15) is 278 Å². The summed E-state index contributed by atoms with van der Waals surface area (Å²) in [5.41, 5.74) is 0. The van der Waals surface area contributed by atoms with Gasteiger partial charge >= 0.3 is 5.97 Å². The quantitative estimate of drug-likeness (QED) is 0.0323. The lowest BCUT2D eigenvalue weighted by molar-refractivity contribution is -0.151. The molecule has 0 aliphatic heterocycles. The minimum absolute atomic E-state index is 0.0633. The molecule has 6 heteroatoms. The van der Waals surface area contributed by atoms with Gasteiger partial charge < -0.3 is 20.3 Å². The highest BCUT2D eigenvalue weighted by Gasteiger charge is 2.24. The van der Waals surface area contributed by atoms with Gasteiger partial charge in [-0.25, -0.2) is 0 Å². The zero-order chi connectivity index (χ0) is 41.7. The molecule has 0 aliphatic rings. The van der Waals surface area contributed by atoms with E-state index in [1.165, 1.54) is 180 Å². The van der Waals surface area contributed by atoms with E-state index in [-0.39, 0.29) is 24.9 Å². The Kier molecular flexibility index (Phi) is 44.6. The fraction of sp³-hybridized carbons (Fsp3) is 0.922. The van der Waals surface area contributed by atoms with Gasteiger partial charge in [-0.15, -0.1) is 0 Å². The molecule has 0 aromatic carbocycles. The number of aliphatic hydroxyl groups is 2. The van der Waals surface area contributed by atoms with Crippen molar-refractivity contribution in [3.63, 3.8) is 0 Å². The number of ether oxygens (including phenoxy) is 1. The Morgan fingerprint density at radius 3 is 1.28 bits per heavy atom. The molecule has 0 aliphatic carbocycles. The maximum Gasteiger partial charge on any atom is 0.306 e. The molecule has 0 saturated carbocycles. The van der Waals surface area contributed by atoms with Gasteiger partial charge in [0.25, 0.3) is 0 Å². The lowest BCUT2D eigenvalue weighted by Gasteiger charge is -2.24. The van der Waals surface area contributed by atoms with Crippen LogP contribution in [-0.2, 0) is 14.3 Å². The van der Waals surface area contributed by atoms with Crippen LogP contribution in [-0.4, -0.2) is 46.9 Å². The van der Waals surface area contributed by atoms with Crippen molar-refractivity contribution in [1.29, 1.82) is 0 Å². The third kappa shape index (κ3) is 41.1. The van der Waals surface area contributed by atoms with Gasteiger partial charge in [-0.05, 0) is 44.9 Å². The van der Waals surface area contributed by atoms with Crippen LogP contribution in [0.25, 0.3) is 0 Å². The second-order valence-corrected chi connectivity index (χ2v) is 17.6. The highest BCUT2D eigenvalue weighted by Crippen LogP contribution is 2.18. The van der Waals surface area contributed by atoms with Crippen molar-refractivity contribution >= 4 is 11.9 Å². The summed E-state index contributed by atoms with van der Waals surface area (Å²) in [4.78, 5) is 26.0. The molecule has 0 saturated heterocycles. The molecule has 0 radical (unpaired) electrons. The van der Waals surface area contributed by atoms with Crippen LogP contribution in [0.3, 0.4) is 0 Å². The molecule has 3 N–H and O–H groups in total. The molecule has 3 atom stereocenters. The molecule has 3 unspecified atom stereocenters. The summed E-state index contributed by atoms with van der Waals surface area (Å²) in [7, 11) is 0.